The van der Waals surface area contributed by atoms with Crippen molar-refractivity contribution in [2.45, 2.75) is 57.7 Å². The summed E-state index contributed by atoms with van der Waals surface area (Å²) >= 11 is 0. The van der Waals surface area contributed by atoms with E-state index >= 15 is 0 Å². The van der Waals surface area contributed by atoms with E-state index in [0.717, 1.165) is 35.0 Å². The van der Waals surface area contributed by atoms with E-state index in [-0.39, 0.29) is 16.4 Å². The Morgan fingerprint density at radius 1 is 0.950 bits per heavy atom. The summed E-state index contributed by atoms with van der Waals surface area (Å²) in [5.41, 5.74) is 4.11. The summed E-state index contributed by atoms with van der Waals surface area (Å²) in [6.45, 7) is 9.27. The van der Waals surface area contributed by atoms with E-state index in [4.69, 9.17) is 9.41 Å². The second-order valence-corrected chi connectivity index (χ2v) is 16.2. The lowest BCUT2D eigenvalue weighted by Crippen LogP contribution is -2.68. The largest absolute Gasteiger partial charge is 0.400 e. The average Bonchev–Trinajstić information content (AvgIpc) is 3.61. The van der Waals surface area contributed by atoms with Gasteiger partial charge in [-0.15, -0.1) is 0 Å². The Bertz CT molecular complexity index is 1610. The molecule has 3 aromatic carbocycles. The van der Waals surface area contributed by atoms with Crippen molar-refractivity contribution in [2.75, 3.05) is 0 Å². The van der Waals surface area contributed by atoms with Gasteiger partial charge in [-0.3, -0.25) is 9.78 Å². The van der Waals surface area contributed by atoms with Crippen LogP contribution in [0, 0.1) is 0 Å². The molecule has 1 aliphatic rings. The Kier molecular flexibility index (Phi) is 6.55. The lowest BCUT2D eigenvalue weighted by atomic mass is 10.0. The number of fused-ring (bicyclic) bond motifs is 1. The van der Waals surface area contributed by atoms with Gasteiger partial charge in [0, 0.05) is 29.1 Å². The summed E-state index contributed by atoms with van der Waals surface area (Å²) in [6, 6.07) is 29.5. The Morgan fingerprint density at radius 2 is 1.60 bits per heavy atom. The number of benzene rings is 3. The molecule has 0 N–H and O–H groups in total. The molecule has 6 heteroatoms. The lowest BCUT2D eigenvalue weighted by molar-refractivity contribution is 0.101. The summed E-state index contributed by atoms with van der Waals surface area (Å²) < 4.78 is 9.86. The monoisotopic (exact) mass is 545 g/mol. The first kappa shape index (κ1) is 26.4. The summed E-state index contributed by atoms with van der Waals surface area (Å²) in [7, 11) is -2.71. The highest BCUT2D eigenvalue weighted by Gasteiger charge is 2.58. The Morgan fingerprint density at radius 3 is 2.12 bits per heavy atom. The van der Waals surface area contributed by atoms with Crippen LogP contribution in [-0.2, 0) is 11.0 Å². The number of imidazole rings is 1. The molecule has 1 aliphatic carbocycles. The first-order valence-corrected chi connectivity index (χ1v) is 15.8. The molecule has 40 heavy (non-hydrogen) atoms. The zero-order valence-electron chi connectivity index (χ0n) is 23.6. The fourth-order valence-corrected chi connectivity index (χ4v) is 10.8. The zero-order chi connectivity index (χ0) is 28.0. The summed E-state index contributed by atoms with van der Waals surface area (Å²) in [5, 5.41) is 2.48. The van der Waals surface area contributed by atoms with Crippen molar-refractivity contribution in [1.82, 2.24) is 14.5 Å². The van der Waals surface area contributed by atoms with Crippen LogP contribution in [0.3, 0.4) is 0 Å². The minimum absolute atomic E-state index is 0.0234. The highest BCUT2D eigenvalue weighted by atomic mass is 28.4. The van der Waals surface area contributed by atoms with Crippen LogP contribution >= 0.6 is 0 Å². The van der Waals surface area contributed by atoms with E-state index in [1.165, 1.54) is 10.4 Å². The molecule has 0 aliphatic heterocycles. The Hall–Kier alpha value is -3.87. The van der Waals surface area contributed by atoms with E-state index in [2.05, 4.69) is 91.0 Å². The molecule has 2 aromatic heterocycles. The van der Waals surface area contributed by atoms with Gasteiger partial charge in [-0.2, -0.15) is 0 Å². The van der Waals surface area contributed by atoms with E-state index in [1.54, 1.807) is 13.1 Å². The highest BCUT2D eigenvalue weighted by molar-refractivity contribution is 6.99. The number of hydrogen-bond acceptors (Lipinski definition) is 4. The molecule has 0 saturated heterocycles. The van der Waals surface area contributed by atoms with Crippen LogP contribution in [0.5, 0.6) is 0 Å². The van der Waals surface area contributed by atoms with Crippen molar-refractivity contribution in [3.63, 3.8) is 0 Å². The van der Waals surface area contributed by atoms with E-state index in [1.807, 2.05) is 36.8 Å². The topological polar surface area (TPSA) is 57.0 Å². The number of hydrogen-bond donors (Lipinski definition) is 0. The first-order valence-electron chi connectivity index (χ1n) is 13.9. The maximum absolute atomic E-state index is 12.4. The number of carbonyl (C=O) groups is 1. The third-order valence-corrected chi connectivity index (χ3v) is 13.3. The number of carbonyl (C=O) groups excluding carboxylic acids is 1. The van der Waals surface area contributed by atoms with Crippen LogP contribution in [-0.4, -0.2) is 34.2 Å². The van der Waals surface area contributed by atoms with Gasteiger partial charge in [0.1, 0.15) is 0 Å². The third kappa shape index (κ3) is 4.61. The minimum Gasteiger partial charge on any atom is -0.400 e. The van der Waals surface area contributed by atoms with Gasteiger partial charge in [0.05, 0.1) is 29.5 Å². The minimum atomic E-state index is -2.71. The first-order chi connectivity index (χ1) is 19.2. The van der Waals surface area contributed by atoms with Crippen LogP contribution in [0.25, 0.3) is 22.2 Å². The molecule has 5 aromatic rings. The van der Waals surface area contributed by atoms with E-state index < -0.39 is 8.32 Å². The van der Waals surface area contributed by atoms with Gasteiger partial charge in [-0.25, -0.2) is 4.98 Å². The molecule has 0 atom stereocenters. The van der Waals surface area contributed by atoms with Crippen LogP contribution in [0.1, 0.15) is 50.9 Å². The second kappa shape index (κ2) is 9.95. The van der Waals surface area contributed by atoms with Crippen LogP contribution in [0.2, 0.25) is 5.04 Å². The van der Waals surface area contributed by atoms with Gasteiger partial charge in [-0.1, -0.05) is 87.5 Å². The van der Waals surface area contributed by atoms with Crippen LogP contribution in [0.15, 0.2) is 104 Å². The normalized spacial score (nSPS) is 14.8. The predicted octanol–water partition coefficient (Wildman–Crippen LogP) is 6.41. The number of Topliss-reactive ketones (excluding diaryl/α,β-unsaturated/α-hetero) is 1. The van der Waals surface area contributed by atoms with Crippen molar-refractivity contribution in [2.24, 2.45) is 0 Å². The molecule has 5 nitrogen and oxygen atoms in total. The van der Waals surface area contributed by atoms with Gasteiger partial charge in [0.15, 0.2) is 5.78 Å². The lowest BCUT2D eigenvalue weighted by Gasteiger charge is -2.45. The molecule has 1 fully saturated rings. The number of rotatable bonds is 8. The molecular formula is C34H35N3O2Si. The van der Waals surface area contributed by atoms with Crippen molar-refractivity contribution in [3.05, 3.63) is 109 Å². The zero-order valence-corrected chi connectivity index (χ0v) is 24.6. The predicted molar refractivity (Wildman–Crippen MR) is 164 cm³/mol. The number of nitrogens with zero attached hydrogens (tertiary/aromatic N) is 3. The molecule has 0 amide bonds. The summed E-state index contributed by atoms with van der Waals surface area (Å²) in [5.74, 6) is 0.0234. The molecule has 202 valence electrons. The molecule has 0 bridgehead atoms. The number of pyridine rings is 1. The molecule has 2 heterocycles. The Balaban J connectivity index is 1.47. The highest BCUT2D eigenvalue weighted by Crippen LogP contribution is 2.49. The van der Waals surface area contributed by atoms with Crippen LogP contribution < -0.4 is 10.4 Å². The molecule has 0 spiro atoms. The van der Waals surface area contributed by atoms with E-state index in [9.17, 15) is 4.79 Å². The van der Waals surface area contributed by atoms with Gasteiger partial charge < -0.3 is 8.99 Å². The summed E-state index contributed by atoms with van der Waals surface area (Å²) in [6.07, 6.45) is 7.50. The number of ketones is 1. The molecule has 6 rings (SSSR count). The van der Waals surface area contributed by atoms with Crippen molar-refractivity contribution >= 4 is 35.5 Å². The average molecular weight is 546 g/mol. The molecular weight excluding hydrogens is 510 g/mol. The fourth-order valence-electron chi connectivity index (χ4n) is 5.99. The maximum Gasteiger partial charge on any atom is 0.261 e. The molecule has 1 saturated carbocycles. The van der Waals surface area contributed by atoms with E-state index in [0.29, 0.717) is 12.1 Å². The molecule has 0 unspecified atom stereocenters. The van der Waals surface area contributed by atoms with Crippen molar-refractivity contribution in [3.8, 4) is 11.1 Å². The smallest absolute Gasteiger partial charge is 0.261 e. The Labute approximate surface area is 237 Å². The molecule has 0 radical (unpaired) electrons. The van der Waals surface area contributed by atoms with Gasteiger partial charge >= 0.3 is 0 Å². The third-order valence-electron chi connectivity index (χ3n) is 8.14. The summed E-state index contributed by atoms with van der Waals surface area (Å²) in [4.78, 5) is 21.5. The standard InChI is InChI=1S/C34H35N3O2Si/c1-25(38)27-20-30(26-12-11-19-35-22-26)32-31(21-27)36-24-37(32)23-34(17-18-34)39-40(33(2,3)4,28-13-7-5-8-14-28)29-15-9-6-10-16-29/h5-16,19-22,24H,17-18,23H2,1-4H3. The quantitative estimate of drug-likeness (QED) is 0.167. The van der Waals surface area contributed by atoms with Gasteiger partial charge in [0.2, 0.25) is 0 Å². The van der Waals surface area contributed by atoms with Crippen molar-refractivity contribution < 1.29 is 9.22 Å². The second-order valence-electron chi connectivity index (χ2n) is 12.0. The van der Waals surface area contributed by atoms with Crippen LogP contribution in [0.4, 0.5) is 0 Å². The SMILES string of the molecule is CC(=O)c1cc(-c2cccnc2)c2c(c1)ncn2CC1(O[Si](c2ccccc2)(c2ccccc2)C(C)(C)C)CC1. The van der Waals surface area contributed by atoms with Gasteiger partial charge in [-0.05, 0) is 53.4 Å². The fraction of sp³-hybridized carbons (Fsp3) is 0.265. The number of aromatic nitrogens is 3. The maximum atomic E-state index is 12.4. The van der Waals surface area contributed by atoms with Crippen molar-refractivity contribution in [1.29, 1.82) is 0 Å². The van der Waals surface area contributed by atoms with Gasteiger partial charge in [0.25, 0.3) is 8.32 Å².